The summed E-state index contributed by atoms with van der Waals surface area (Å²) in [7, 11) is -3.49. The number of benzene rings is 3. The first-order valence-electron chi connectivity index (χ1n) is 10.0. The number of rotatable bonds is 6. The smallest absolute Gasteiger partial charge is 0.254 e. The van der Waals surface area contributed by atoms with Gasteiger partial charge in [0.25, 0.3) is 5.91 Å². The first-order valence-corrected chi connectivity index (χ1v) is 11.7. The van der Waals surface area contributed by atoms with Crippen molar-refractivity contribution in [1.82, 2.24) is 4.90 Å². The number of sulfone groups is 1. The lowest BCUT2D eigenvalue weighted by Gasteiger charge is -2.25. The van der Waals surface area contributed by atoms with Gasteiger partial charge in [-0.25, -0.2) is 12.8 Å². The summed E-state index contributed by atoms with van der Waals surface area (Å²) in [6, 6.07) is 20.3. The molecule has 0 radical (unpaired) electrons. The van der Waals surface area contributed by atoms with Crippen LogP contribution in [0.4, 0.5) is 4.39 Å². The summed E-state index contributed by atoms with van der Waals surface area (Å²) in [6.45, 7) is 0.511. The molecule has 0 bridgehead atoms. The molecule has 0 aromatic heterocycles. The molecule has 31 heavy (non-hydrogen) atoms. The van der Waals surface area contributed by atoms with Crippen LogP contribution in [-0.2, 0) is 9.84 Å². The second-order valence-corrected chi connectivity index (χ2v) is 9.51. The molecule has 4 rings (SSSR count). The fourth-order valence-corrected chi connectivity index (χ4v) is 5.37. The van der Waals surface area contributed by atoms with Crippen molar-refractivity contribution in [3.63, 3.8) is 0 Å². The Morgan fingerprint density at radius 2 is 1.71 bits per heavy atom. The maximum absolute atomic E-state index is 13.2. The average molecular weight is 440 g/mol. The fourth-order valence-electron chi connectivity index (χ4n) is 3.75. The van der Waals surface area contributed by atoms with E-state index in [0.29, 0.717) is 30.0 Å². The second kappa shape index (κ2) is 8.89. The van der Waals surface area contributed by atoms with Gasteiger partial charge in [-0.2, -0.15) is 0 Å². The van der Waals surface area contributed by atoms with Crippen molar-refractivity contribution in [3.05, 3.63) is 90.2 Å². The molecule has 1 fully saturated rings. The van der Waals surface area contributed by atoms with Crippen LogP contribution in [0.25, 0.3) is 0 Å². The van der Waals surface area contributed by atoms with Crippen molar-refractivity contribution >= 4 is 15.7 Å². The lowest BCUT2D eigenvalue weighted by molar-refractivity contribution is 0.0749. The summed E-state index contributed by atoms with van der Waals surface area (Å²) in [5.74, 6) is 0.218. The zero-order valence-electron chi connectivity index (χ0n) is 16.8. The largest absolute Gasteiger partial charge is 0.457 e. The van der Waals surface area contributed by atoms with Gasteiger partial charge in [0.1, 0.15) is 17.3 Å². The van der Waals surface area contributed by atoms with Gasteiger partial charge >= 0.3 is 0 Å². The van der Waals surface area contributed by atoms with Crippen molar-refractivity contribution in [2.75, 3.05) is 12.3 Å². The first kappa shape index (κ1) is 21.1. The van der Waals surface area contributed by atoms with Crippen LogP contribution in [0, 0.1) is 5.82 Å². The van der Waals surface area contributed by atoms with E-state index in [1.54, 1.807) is 59.5 Å². The van der Waals surface area contributed by atoms with Crippen LogP contribution in [0.2, 0.25) is 0 Å². The molecule has 1 atom stereocenters. The lowest BCUT2D eigenvalue weighted by Crippen LogP contribution is -2.39. The third-order valence-corrected chi connectivity index (χ3v) is 7.10. The Bertz CT molecular complexity index is 1160. The number of ether oxygens (including phenoxy) is 1. The molecule has 1 aliphatic rings. The van der Waals surface area contributed by atoms with Gasteiger partial charge in [-0.3, -0.25) is 4.79 Å². The summed E-state index contributed by atoms with van der Waals surface area (Å²) >= 11 is 0. The second-order valence-electron chi connectivity index (χ2n) is 7.47. The van der Waals surface area contributed by atoms with Crippen molar-refractivity contribution < 1.29 is 22.3 Å². The average Bonchev–Trinajstić information content (AvgIpc) is 3.23. The van der Waals surface area contributed by atoms with E-state index in [2.05, 4.69) is 0 Å². The molecular formula is C24H22FNO4S. The third kappa shape index (κ3) is 4.94. The van der Waals surface area contributed by atoms with E-state index in [4.69, 9.17) is 4.74 Å². The zero-order valence-corrected chi connectivity index (χ0v) is 17.6. The zero-order chi connectivity index (χ0) is 21.8. The number of amides is 1. The molecule has 1 saturated heterocycles. The monoisotopic (exact) mass is 439 g/mol. The molecule has 0 N–H and O–H groups in total. The van der Waals surface area contributed by atoms with Gasteiger partial charge in [0.05, 0.1) is 10.6 Å². The SMILES string of the molecule is O=C(c1cccc(Oc2ccc(F)cc2)c1)N1CCCC1CS(=O)(=O)c1ccccc1. The van der Waals surface area contributed by atoms with Crippen molar-refractivity contribution in [2.24, 2.45) is 0 Å². The van der Waals surface area contributed by atoms with Gasteiger partial charge in [-0.1, -0.05) is 24.3 Å². The molecule has 3 aromatic carbocycles. The Morgan fingerprint density at radius 1 is 0.968 bits per heavy atom. The highest BCUT2D eigenvalue weighted by atomic mass is 32.2. The maximum atomic E-state index is 13.2. The summed E-state index contributed by atoms with van der Waals surface area (Å²) in [5.41, 5.74) is 0.420. The Kier molecular flexibility index (Phi) is 6.04. The number of carbonyl (C=O) groups is 1. The molecular weight excluding hydrogens is 417 g/mol. The molecule has 1 unspecified atom stereocenters. The molecule has 3 aromatic rings. The predicted molar refractivity (Wildman–Crippen MR) is 115 cm³/mol. The standard InChI is InChI=1S/C24H22FNO4S/c25-19-11-13-21(14-12-19)30-22-8-4-6-18(16-22)24(27)26-15-5-7-20(26)17-31(28,29)23-9-2-1-3-10-23/h1-4,6,8-14,16,20H,5,7,15,17H2. The van der Waals surface area contributed by atoms with Crippen LogP contribution in [0.5, 0.6) is 11.5 Å². The molecule has 5 nitrogen and oxygen atoms in total. The van der Waals surface area contributed by atoms with Crippen LogP contribution in [-0.4, -0.2) is 37.6 Å². The van der Waals surface area contributed by atoms with E-state index < -0.39 is 9.84 Å². The Labute approximate surface area is 181 Å². The van der Waals surface area contributed by atoms with E-state index in [1.807, 2.05) is 0 Å². The predicted octanol–water partition coefficient (Wildman–Crippen LogP) is 4.70. The van der Waals surface area contributed by atoms with Crippen LogP contribution < -0.4 is 4.74 Å². The lowest BCUT2D eigenvalue weighted by atomic mass is 10.1. The number of carbonyl (C=O) groups excluding carboxylic acids is 1. The van der Waals surface area contributed by atoms with Crippen molar-refractivity contribution in [3.8, 4) is 11.5 Å². The van der Waals surface area contributed by atoms with E-state index in [0.717, 1.165) is 6.42 Å². The molecule has 0 saturated carbocycles. The summed E-state index contributed by atoms with van der Waals surface area (Å²) in [6.07, 6.45) is 1.40. The highest BCUT2D eigenvalue weighted by Gasteiger charge is 2.33. The minimum absolute atomic E-state index is 0.103. The van der Waals surface area contributed by atoms with Gasteiger partial charge in [-0.05, 0) is 67.4 Å². The third-order valence-electron chi connectivity index (χ3n) is 5.28. The van der Waals surface area contributed by atoms with Crippen LogP contribution in [0.1, 0.15) is 23.2 Å². The van der Waals surface area contributed by atoms with Crippen LogP contribution >= 0.6 is 0 Å². The summed E-state index contributed by atoms with van der Waals surface area (Å²) in [5, 5.41) is 0. The van der Waals surface area contributed by atoms with Gasteiger partial charge in [0.15, 0.2) is 9.84 Å². The molecule has 0 spiro atoms. The van der Waals surface area contributed by atoms with E-state index >= 15 is 0 Å². The number of halogens is 1. The molecule has 1 heterocycles. The van der Waals surface area contributed by atoms with Gasteiger partial charge < -0.3 is 9.64 Å². The number of hydrogen-bond donors (Lipinski definition) is 0. The molecule has 7 heteroatoms. The Morgan fingerprint density at radius 3 is 2.45 bits per heavy atom. The summed E-state index contributed by atoms with van der Waals surface area (Å²) < 4.78 is 44.4. The van der Waals surface area contributed by atoms with E-state index in [1.165, 1.54) is 24.3 Å². The van der Waals surface area contributed by atoms with E-state index in [9.17, 15) is 17.6 Å². The number of likely N-dealkylation sites (tertiary alicyclic amines) is 1. The number of nitrogens with zero attached hydrogens (tertiary/aromatic N) is 1. The Balaban J connectivity index is 1.50. The Hall–Kier alpha value is -3.19. The minimum atomic E-state index is -3.49. The molecule has 160 valence electrons. The summed E-state index contributed by atoms with van der Waals surface area (Å²) in [4.78, 5) is 15.1. The highest BCUT2D eigenvalue weighted by Crippen LogP contribution is 2.27. The van der Waals surface area contributed by atoms with Crippen LogP contribution in [0.15, 0.2) is 83.8 Å². The quantitative estimate of drug-likeness (QED) is 0.559. The maximum Gasteiger partial charge on any atom is 0.254 e. The normalized spacial score (nSPS) is 16.3. The van der Waals surface area contributed by atoms with Gasteiger partial charge in [0, 0.05) is 18.2 Å². The van der Waals surface area contributed by atoms with Crippen molar-refractivity contribution in [1.29, 1.82) is 0 Å². The topological polar surface area (TPSA) is 63.7 Å². The van der Waals surface area contributed by atoms with Crippen molar-refractivity contribution in [2.45, 2.75) is 23.8 Å². The molecule has 1 amide bonds. The minimum Gasteiger partial charge on any atom is -0.457 e. The molecule has 1 aliphatic heterocycles. The highest BCUT2D eigenvalue weighted by molar-refractivity contribution is 7.91. The van der Waals surface area contributed by atoms with Gasteiger partial charge in [-0.15, -0.1) is 0 Å². The fraction of sp³-hybridized carbons (Fsp3) is 0.208. The van der Waals surface area contributed by atoms with Crippen LogP contribution in [0.3, 0.4) is 0 Å². The van der Waals surface area contributed by atoms with Gasteiger partial charge in [0.2, 0.25) is 0 Å². The number of hydrogen-bond acceptors (Lipinski definition) is 4. The molecule has 0 aliphatic carbocycles. The first-order chi connectivity index (χ1) is 14.9. The van der Waals surface area contributed by atoms with E-state index in [-0.39, 0.29) is 28.4 Å².